The van der Waals surface area contributed by atoms with Crippen LogP contribution in [0.5, 0.6) is 0 Å². The standard InChI is InChI=1S/C15H17ClN2O2/c16-12-9-14(17-10-12)15(20)18-13(7-4-8-19)11-5-2-1-3-6-11/h1-3,5-6,9-10,13,17,19H,4,7-8H2,(H,18,20). The molecule has 0 bridgehead atoms. The molecule has 0 aliphatic rings. The van der Waals surface area contributed by atoms with E-state index in [0.29, 0.717) is 23.6 Å². The van der Waals surface area contributed by atoms with Crippen molar-refractivity contribution in [3.63, 3.8) is 0 Å². The number of hydrogen-bond donors (Lipinski definition) is 3. The molecule has 5 heteroatoms. The van der Waals surface area contributed by atoms with E-state index in [9.17, 15) is 4.79 Å². The van der Waals surface area contributed by atoms with Crippen molar-refractivity contribution in [3.05, 3.63) is 58.9 Å². The lowest BCUT2D eigenvalue weighted by atomic mass is 10.0. The summed E-state index contributed by atoms with van der Waals surface area (Å²) >= 11 is 5.80. The second-order valence-corrected chi connectivity index (χ2v) is 4.97. The summed E-state index contributed by atoms with van der Waals surface area (Å²) in [4.78, 5) is 15.0. The van der Waals surface area contributed by atoms with Crippen LogP contribution in [0.2, 0.25) is 5.02 Å². The lowest BCUT2D eigenvalue weighted by molar-refractivity contribution is 0.0928. The third-order valence-electron chi connectivity index (χ3n) is 3.05. The van der Waals surface area contributed by atoms with Gasteiger partial charge in [-0.1, -0.05) is 41.9 Å². The number of hydrogen-bond acceptors (Lipinski definition) is 2. The van der Waals surface area contributed by atoms with Crippen molar-refractivity contribution < 1.29 is 9.90 Å². The van der Waals surface area contributed by atoms with E-state index >= 15 is 0 Å². The molecule has 106 valence electrons. The minimum absolute atomic E-state index is 0.105. The Kier molecular flexibility index (Phi) is 5.21. The molecule has 1 heterocycles. The second-order valence-electron chi connectivity index (χ2n) is 4.53. The van der Waals surface area contributed by atoms with Crippen LogP contribution in [0.3, 0.4) is 0 Å². The maximum absolute atomic E-state index is 12.1. The van der Waals surface area contributed by atoms with Crippen LogP contribution in [0, 0.1) is 0 Å². The average molecular weight is 293 g/mol. The van der Waals surface area contributed by atoms with Gasteiger partial charge in [-0.15, -0.1) is 0 Å². The van der Waals surface area contributed by atoms with E-state index in [4.69, 9.17) is 16.7 Å². The SMILES string of the molecule is O=C(NC(CCCO)c1ccccc1)c1cc(Cl)c[nH]1. The highest BCUT2D eigenvalue weighted by Gasteiger charge is 2.16. The largest absolute Gasteiger partial charge is 0.396 e. The molecule has 3 N–H and O–H groups in total. The molecule has 1 amide bonds. The Balaban J connectivity index is 2.09. The fourth-order valence-corrected chi connectivity index (χ4v) is 2.20. The van der Waals surface area contributed by atoms with Crippen molar-refractivity contribution in [1.82, 2.24) is 10.3 Å². The van der Waals surface area contributed by atoms with Gasteiger partial charge < -0.3 is 15.4 Å². The third kappa shape index (κ3) is 3.85. The molecule has 0 saturated carbocycles. The van der Waals surface area contributed by atoms with Crippen LogP contribution in [0.1, 0.15) is 34.9 Å². The normalized spacial score (nSPS) is 12.1. The lowest BCUT2D eigenvalue weighted by Gasteiger charge is -2.18. The molecule has 0 saturated heterocycles. The topological polar surface area (TPSA) is 65.1 Å². The van der Waals surface area contributed by atoms with E-state index in [0.717, 1.165) is 5.56 Å². The molecule has 1 aromatic carbocycles. The van der Waals surface area contributed by atoms with Crippen LogP contribution in [-0.4, -0.2) is 22.6 Å². The molecule has 1 unspecified atom stereocenters. The zero-order valence-electron chi connectivity index (χ0n) is 11.0. The van der Waals surface area contributed by atoms with Crippen molar-refractivity contribution in [1.29, 1.82) is 0 Å². The quantitative estimate of drug-likeness (QED) is 0.766. The van der Waals surface area contributed by atoms with E-state index in [2.05, 4.69) is 10.3 Å². The molecule has 1 atom stereocenters. The predicted molar refractivity (Wildman–Crippen MR) is 78.8 cm³/mol. The van der Waals surface area contributed by atoms with E-state index in [-0.39, 0.29) is 18.6 Å². The molecular formula is C15H17ClN2O2. The van der Waals surface area contributed by atoms with Gasteiger partial charge in [0.15, 0.2) is 0 Å². The summed E-state index contributed by atoms with van der Waals surface area (Å²) in [5.41, 5.74) is 1.45. The monoisotopic (exact) mass is 292 g/mol. The smallest absolute Gasteiger partial charge is 0.268 e. The highest BCUT2D eigenvalue weighted by atomic mass is 35.5. The van der Waals surface area contributed by atoms with Crippen LogP contribution < -0.4 is 5.32 Å². The fourth-order valence-electron chi connectivity index (χ4n) is 2.04. The Morgan fingerprint density at radius 3 is 2.70 bits per heavy atom. The number of aliphatic hydroxyl groups excluding tert-OH is 1. The van der Waals surface area contributed by atoms with Crippen LogP contribution in [0.15, 0.2) is 42.6 Å². The van der Waals surface area contributed by atoms with Gasteiger partial charge in [-0.2, -0.15) is 0 Å². The van der Waals surface area contributed by atoms with E-state index in [1.165, 1.54) is 0 Å². The van der Waals surface area contributed by atoms with Crippen molar-refractivity contribution in [2.45, 2.75) is 18.9 Å². The number of halogens is 1. The van der Waals surface area contributed by atoms with Crippen molar-refractivity contribution in [3.8, 4) is 0 Å². The summed E-state index contributed by atoms with van der Waals surface area (Å²) in [6, 6.07) is 11.2. The van der Waals surface area contributed by atoms with Gasteiger partial charge >= 0.3 is 0 Å². The minimum atomic E-state index is -0.205. The minimum Gasteiger partial charge on any atom is -0.396 e. The highest BCUT2D eigenvalue weighted by Crippen LogP contribution is 2.19. The maximum atomic E-state index is 12.1. The van der Waals surface area contributed by atoms with Gasteiger partial charge in [0.25, 0.3) is 5.91 Å². The first-order chi connectivity index (χ1) is 9.70. The van der Waals surface area contributed by atoms with Gasteiger partial charge in [-0.05, 0) is 24.5 Å². The molecule has 0 aliphatic heterocycles. The second kappa shape index (κ2) is 7.12. The van der Waals surface area contributed by atoms with E-state index < -0.39 is 0 Å². The Hall–Kier alpha value is -1.78. The van der Waals surface area contributed by atoms with Crippen molar-refractivity contribution in [2.24, 2.45) is 0 Å². The van der Waals surface area contributed by atoms with Gasteiger partial charge in [0.1, 0.15) is 5.69 Å². The summed E-state index contributed by atoms with van der Waals surface area (Å²) in [5, 5.41) is 12.4. The van der Waals surface area contributed by atoms with Gasteiger partial charge in [0.2, 0.25) is 0 Å². The summed E-state index contributed by atoms with van der Waals surface area (Å²) in [6.45, 7) is 0.105. The maximum Gasteiger partial charge on any atom is 0.268 e. The molecule has 2 rings (SSSR count). The number of rotatable bonds is 6. The first-order valence-corrected chi connectivity index (χ1v) is 6.89. The molecule has 0 spiro atoms. The molecule has 4 nitrogen and oxygen atoms in total. The number of carbonyl (C=O) groups is 1. The van der Waals surface area contributed by atoms with Gasteiger partial charge in [0.05, 0.1) is 11.1 Å². The van der Waals surface area contributed by atoms with Gasteiger partial charge in [-0.25, -0.2) is 0 Å². The summed E-state index contributed by atoms with van der Waals surface area (Å²) in [6.07, 6.45) is 2.88. The predicted octanol–water partition coefficient (Wildman–Crippen LogP) is 2.91. The number of aliphatic hydroxyl groups is 1. The number of H-pyrrole nitrogens is 1. The molecule has 2 aromatic rings. The third-order valence-corrected chi connectivity index (χ3v) is 3.27. The Bertz CT molecular complexity index is 554. The van der Waals surface area contributed by atoms with Crippen LogP contribution in [0.4, 0.5) is 0 Å². The summed E-state index contributed by atoms with van der Waals surface area (Å²) in [7, 11) is 0. The van der Waals surface area contributed by atoms with Gasteiger partial charge in [-0.3, -0.25) is 4.79 Å². The first-order valence-electron chi connectivity index (χ1n) is 6.51. The Morgan fingerprint density at radius 1 is 1.35 bits per heavy atom. The first kappa shape index (κ1) is 14.6. The van der Waals surface area contributed by atoms with E-state index in [1.54, 1.807) is 12.3 Å². The zero-order chi connectivity index (χ0) is 14.4. The van der Waals surface area contributed by atoms with Crippen molar-refractivity contribution >= 4 is 17.5 Å². The molecule has 0 radical (unpaired) electrons. The summed E-state index contributed by atoms with van der Waals surface area (Å²) < 4.78 is 0. The molecule has 0 aliphatic carbocycles. The zero-order valence-corrected chi connectivity index (χ0v) is 11.7. The number of carbonyl (C=O) groups excluding carboxylic acids is 1. The average Bonchev–Trinajstić information content (AvgIpc) is 2.91. The molecular weight excluding hydrogens is 276 g/mol. The van der Waals surface area contributed by atoms with Crippen LogP contribution in [0.25, 0.3) is 0 Å². The highest BCUT2D eigenvalue weighted by molar-refractivity contribution is 6.30. The van der Waals surface area contributed by atoms with Crippen LogP contribution >= 0.6 is 11.6 Å². The molecule has 20 heavy (non-hydrogen) atoms. The van der Waals surface area contributed by atoms with E-state index in [1.807, 2.05) is 30.3 Å². The van der Waals surface area contributed by atoms with Crippen LogP contribution in [-0.2, 0) is 0 Å². The lowest BCUT2D eigenvalue weighted by Crippen LogP contribution is -2.29. The summed E-state index contributed by atoms with van der Waals surface area (Å²) in [5.74, 6) is -0.205. The fraction of sp³-hybridized carbons (Fsp3) is 0.267. The number of benzene rings is 1. The van der Waals surface area contributed by atoms with Crippen molar-refractivity contribution in [2.75, 3.05) is 6.61 Å². The number of aromatic nitrogens is 1. The number of aromatic amines is 1. The Labute approximate surface area is 122 Å². The van der Waals surface area contributed by atoms with Gasteiger partial charge in [0, 0.05) is 12.8 Å². The molecule has 1 aromatic heterocycles. The molecule has 0 fully saturated rings. The number of amides is 1. The number of nitrogens with one attached hydrogen (secondary N) is 2. The Morgan fingerprint density at radius 2 is 2.10 bits per heavy atom.